The van der Waals surface area contributed by atoms with Crippen LogP contribution in [0.5, 0.6) is 0 Å². The molecule has 2 rings (SSSR count). The molecule has 0 amide bonds. The second-order valence-electron chi connectivity index (χ2n) is 7.51. The minimum absolute atomic E-state index is 0.276. The Labute approximate surface area is 189 Å². The maximum atomic E-state index is 15.1. The van der Waals surface area contributed by atoms with Gasteiger partial charge in [-0.25, -0.2) is 8.78 Å². The van der Waals surface area contributed by atoms with Gasteiger partial charge < -0.3 is 19.3 Å². The lowest BCUT2D eigenvalue weighted by Gasteiger charge is -2.47. The SMILES string of the molecule is CC(=O)OC1C(N=[N+]=[N-])CC(N=[N+]=[N-])C(OC2OC(CN=[N+]=[N-])C(C)C(F)(F)C2N=[N+]=[N-])C1O. The van der Waals surface area contributed by atoms with Crippen molar-refractivity contribution < 1.29 is 32.9 Å². The summed E-state index contributed by atoms with van der Waals surface area (Å²) >= 11 is 0. The third kappa shape index (κ3) is 5.68. The molecule has 1 aliphatic heterocycles. The Hall–Kier alpha value is -3.55. The number of aliphatic hydroxyl groups excluding tert-OH is 1. The molecule has 0 spiro atoms. The van der Waals surface area contributed by atoms with Crippen molar-refractivity contribution >= 4 is 5.97 Å². The Kier molecular flexibility index (Phi) is 9.06. The number of rotatable bonds is 8. The van der Waals surface area contributed by atoms with E-state index in [-0.39, 0.29) is 6.42 Å². The van der Waals surface area contributed by atoms with Crippen molar-refractivity contribution in [3.05, 3.63) is 41.8 Å². The van der Waals surface area contributed by atoms with E-state index in [9.17, 15) is 9.90 Å². The van der Waals surface area contributed by atoms with Crippen LogP contribution in [0.25, 0.3) is 41.8 Å². The molecule has 19 heteroatoms. The number of aliphatic hydroxyl groups is 1. The van der Waals surface area contributed by atoms with E-state index >= 15 is 8.78 Å². The van der Waals surface area contributed by atoms with Crippen molar-refractivity contribution in [2.24, 2.45) is 26.4 Å². The molecule has 17 nitrogen and oxygen atoms in total. The van der Waals surface area contributed by atoms with E-state index in [0.717, 1.165) is 13.8 Å². The van der Waals surface area contributed by atoms with Crippen molar-refractivity contribution in [1.29, 1.82) is 0 Å². The lowest BCUT2D eigenvalue weighted by molar-refractivity contribution is -0.308. The third-order valence-electron chi connectivity index (χ3n) is 5.53. The van der Waals surface area contributed by atoms with Crippen LogP contribution in [0.1, 0.15) is 20.3 Å². The van der Waals surface area contributed by atoms with Crippen molar-refractivity contribution in [3.8, 4) is 0 Å². The molecule has 1 saturated heterocycles. The number of ether oxygens (including phenoxy) is 3. The first-order chi connectivity index (χ1) is 16.1. The van der Waals surface area contributed by atoms with Crippen LogP contribution in [0, 0.1) is 5.92 Å². The molecule has 0 aromatic heterocycles. The molecule has 0 radical (unpaired) electrons. The highest BCUT2D eigenvalue weighted by atomic mass is 19.3. The zero-order valence-corrected chi connectivity index (χ0v) is 17.8. The van der Waals surface area contributed by atoms with E-state index in [1.54, 1.807) is 0 Å². The largest absolute Gasteiger partial charge is 0.459 e. The molecule has 2 fully saturated rings. The minimum atomic E-state index is -3.69. The zero-order valence-electron chi connectivity index (χ0n) is 17.8. The number of carbonyl (C=O) groups is 1. The zero-order chi connectivity index (χ0) is 25.5. The molecule has 1 N–H and O–H groups in total. The second-order valence-corrected chi connectivity index (χ2v) is 7.51. The molecule has 9 unspecified atom stereocenters. The molecule has 0 aromatic rings. The fourth-order valence-corrected chi connectivity index (χ4v) is 3.86. The first kappa shape index (κ1) is 26.7. The summed E-state index contributed by atoms with van der Waals surface area (Å²) in [6, 6.07) is -4.66. The van der Waals surface area contributed by atoms with Crippen LogP contribution < -0.4 is 0 Å². The Morgan fingerprint density at radius 1 is 1.09 bits per heavy atom. The van der Waals surface area contributed by atoms with Gasteiger partial charge in [0.1, 0.15) is 12.2 Å². The molecular formula is C15H20F2N12O5. The van der Waals surface area contributed by atoms with Gasteiger partial charge in [0.25, 0.3) is 5.92 Å². The standard InChI is InChI=1S/C15H20F2N12O5/c1-5-9(4-22-26-18)33-14(13(25-29-21)15(5,16)17)34-12-8(24-28-20)3-7(23-27-19)11(10(12)31)32-6(2)30/h5,7-14,31H,3-4H2,1-2H3. The van der Waals surface area contributed by atoms with Gasteiger partial charge in [-0.1, -0.05) is 27.4 Å². The van der Waals surface area contributed by atoms with Gasteiger partial charge in [-0.2, -0.15) is 0 Å². The number of azide groups is 4. The van der Waals surface area contributed by atoms with Crippen LogP contribution in [0.15, 0.2) is 20.5 Å². The summed E-state index contributed by atoms with van der Waals surface area (Å²) in [5.41, 5.74) is 35.1. The Morgan fingerprint density at radius 2 is 1.68 bits per heavy atom. The minimum Gasteiger partial charge on any atom is -0.459 e. The van der Waals surface area contributed by atoms with Crippen LogP contribution in [0.2, 0.25) is 0 Å². The van der Waals surface area contributed by atoms with E-state index in [4.69, 9.17) is 36.3 Å². The summed E-state index contributed by atoms with van der Waals surface area (Å²) in [7, 11) is 0. The predicted molar refractivity (Wildman–Crippen MR) is 107 cm³/mol. The van der Waals surface area contributed by atoms with Crippen LogP contribution in [-0.2, 0) is 19.0 Å². The molecule has 1 aliphatic carbocycles. The molecule has 2 aliphatic rings. The summed E-state index contributed by atoms with van der Waals surface area (Å²) < 4.78 is 46.2. The van der Waals surface area contributed by atoms with E-state index in [0.29, 0.717) is 0 Å². The fourth-order valence-electron chi connectivity index (χ4n) is 3.86. The summed E-state index contributed by atoms with van der Waals surface area (Å²) in [6.45, 7) is 1.63. The highest BCUT2D eigenvalue weighted by Crippen LogP contribution is 2.43. The summed E-state index contributed by atoms with van der Waals surface area (Å²) in [5.74, 6) is -6.10. The monoisotopic (exact) mass is 486 g/mol. The summed E-state index contributed by atoms with van der Waals surface area (Å²) in [5, 5.41) is 24.1. The predicted octanol–water partition coefficient (Wildman–Crippen LogP) is 3.41. The number of halogens is 2. The smallest absolute Gasteiger partial charge is 0.303 e. The number of hydrogen-bond donors (Lipinski definition) is 1. The molecule has 0 aromatic carbocycles. The van der Waals surface area contributed by atoms with Gasteiger partial charge >= 0.3 is 5.97 Å². The molecule has 34 heavy (non-hydrogen) atoms. The summed E-state index contributed by atoms with van der Waals surface area (Å²) in [4.78, 5) is 21.7. The number of hydrogen-bond acceptors (Lipinski definition) is 9. The van der Waals surface area contributed by atoms with Gasteiger partial charge in [-0.3, -0.25) is 4.79 Å². The quantitative estimate of drug-likeness (QED) is 0.233. The van der Waals surface area contributed by atoms with Gasteiger partial charge in [0.2, 0.25) is 0 Å². The van der Waals surface area contributed by atoms with Crippen molar-refractivity contribution in [2.45, 2.75) is 75.0 Å². The number of esters is 1. The van der Waals surface area contributed by atoms with E-state index in [2.05, 4.69) is 40.1 Å². The van der Waals surface area contributed by atoms with Crippen LogP contribution in [-0.4, -0.2) is 72.4 Å². The normalized spacial score (nSPS) is 36.4. The average molecular weight is 486 g/mol. The Bertz CT molecular complexity index is 959. The van der Waals surface area contributed by atoms with E-state index in [1.165, 1.54) is 0 Å². The lowest BCUT2D eigenvalue weighted by atomic mass is 9.83. The van der Waals surface area contributed by atoms with Crippen molar-refractivity contribution in [2.75, 3.05) is 6.54 Å². The van der Waals surface area contributed by atoms with Crippen molar-refractivity contribution in [1.82, 2.24) is 0 Å². The lowest BCUT2D eigenvalue weighted by Crippen LogP contribution is -2.63. The third-order valence-corrected chi connectivity index (χ3v) is 5.53. The number of nitrogens with zero attached hydrogens (tertiary/aromatic N) is 12. The molecular weight excluding hydrogens is 466 g/mol. The highest BCUT2D eigenvalue weighted by molar-refractivity contribution is 5.66. The first-order valence-electron chi connectivity index (χ1n) is 9.79. The topological polar surface area (TPSA) is 260 Å². The molecule has 9 atom stereocenters. The van der Waals surface area contributed by atoms with Gasteiger partial charge in [-0.05, 0) is 28.5 Å². The highest BCUT2D eigenvalue weighted by Gasteiger charge is 2.58. The Morgan fingerprint density at radius 3 is 2.21 bits per heavy atom. The van der Waals surface area contributed by atoms with E-state index < -0.39 is 73.2 Å². The van der Waals surface area contributed by atoms with Crippen molar-refractivity contribution in [3.63, 3.8) is 0 Å². The first-order valence-corrected chi connectivity index (χ1v) is 9.79. The molecule has 1 saturated carbocycles. The van der Waals surface area contributed by atoms with Gasteiger partial charge in [0.15, 0.2) is 12.3 Å². The van der Waals surface area contributed by atoms with Gasteiger partial charge in [0, 0.05) is 32.5 Å². The van der Waals surface area contributed by atoms with Crippen LogP contribution >= 0.6 is 0 Å². The Balaban J connectivity index is 2.47. The van der Waals surface area contributed by atoms with Gasteiger partial charge in [-0.15, -0.1) is 0 Å². The van der Waals surface area contributed by atoms with Gasteiger partial charge in [0.05, 0.1) is 30.8 Å². The molecule has 184 valence electrons. The number of carbonyl (C=O) groups excluding carboxylic acids is 1. The van der Waals surface area contributed by atoms with E-state index in [1.807, 2.05) is 0 Å². The molecule has 0 bridgehead atoms. The average Bonchev–Trinajstić information content (AvgIpc) is 2.77. The maximum Gasteiger partial charge on any atom is 0.303 e. The molecule has 1 heterocycles. The maximum absolute atomic E-state index is 15.1. The van der Waals surface area contributed by atoms with Crippen LogP contribution in [0.4, 0.5) is 8.78 Å². The number of alkyl halides is 2. The fraction of sp³-hybridized carbons (Fsp3) is 0.933. The van der Waals surface area contributed by atoms with Crippen LogP contribution in [0.3, 0.4) is 0 Å². The summed E-state index contributed by atoms with van der Waals surface area (Å²) in [6.07, 6.45) is -8.50. The second kappa shape index (κ2) is 11.5.